The maximum absolute atomic E-state index is 3.06. The maximum atomic E-state index is 3.06. The molecule has 7 rings (SSSR count). The Morgan fingerprint density at radius 2 is 1.13 bits per heavy atom. The molecule has 0 amide bonds. The van der Waals surface area contributed by atoms with Crippen LogP contribution in [0.3, 0.4) is 0 Å². The molecule has 0 fully saturated rings. The summed E-state index contributed by atoms with van der Waals surface area (Å²) in [7, 11) is 0. The van der Waals surface area contributed by atoms with E-state index in [4.69, 9.17) is 0 Å². The third-order valence-corrected chi connectivity index (χ3v) is 8.02. The van der Waals surface area contributed by atoms with Crippen LogP contribution in [0.1, 0.15) is 42.0 Å². The fourth-order valence-corrected chi connectivity index (χ4v) is 5.77. The SMILES string of the molecule is CC(C)c1cc2c(-c3ccccc3)cccc2[cH-]1.Cc1ccc(-c2ccccc2)c2cc(Cc3ccccc3)[cH-]c12.Cl.Cl.[CH3-].[CH3-].[Si]=[Zr]. The second kappa shape index (κ2) is 20.4. The molecule has 2 radical (unpaired) electrons. The third-order valence-electron chi connectivity index (χ3n) is 8.02. The molecular formula is C43H44Cl2SiZr-4. The van der Waals surface area contributed by atoms with Crippen LogP contribution < -0.4 is 0 Å². The molecule has 0 unspecified atom stereocenters. The summed E-state index contributed by atoms with van der Waals surface area (Å²) in [5.74, 6) is 0.584. The normalized spacial score (nSPS) is 9.77. The van der Waals surface area contributed by atoms with Gasteiger partial charge in [-0.25, -0.2) is 0 Å². The van der Waals surface area contributed by atoms with Crippen LogP contribution in [0.15, 0.2) is 146 Å². The summed E-state index contributed by atoms with van der Waals surface area (Å²) < 4.78 is 0. The first-order valence-corrected chi connectivity index (χ1v) is 19.0. The monoisotopic (exact) mass is 748 g/mol. The average molecular weight is 751 g/mol. The molecule has 0 spiro atoms. The number of aryl methyl sites for hydroxylation is 1. The van der Waals surface area contributed by atoms with Gasteiger partial charge in [0.05, 0.1) is 0 Å². The van der Waals surface area contributed by atoms with Crippen LogP contribution in [0.25, 0.3) is 43.8 Å². The molecule has 47 heavy (non-hydrogen) atoms. The van der Waals surface area contributed by atoms with Crippen LogP contribution in [-0.4, -0.2) is 6.88 Å². The predicted molar refractivity (Wildman–Crippen MR) is 211 cm³/mol. The third kappa shape index (κ3) is 10.2. The van der Waals surface area contributed by atoms with Gasteiger partial charge in [0.1, 0.15) is 0 Å². The van der Waals surface area contributed by atoms with Crippen LogP contribution in [-0.2, 0) is 29.8 Å². The minimum atomic E-state index is 0. The van der Waals surface area contributed by atoms with E-state index in [0.717, 1.165) is 6.42 Å². The molecule has 7 aromatic rings. The number of hydrogen-bond acceptors (Lipinski definition) is 0. The fourth-order valence-electron chi connectivity index (χ4n) is 5.77. The Morgan fingerprint density at radius 1 is 0.596 bits per heavy atom. The molecule has 0 bridgehead atoms. The molecule has 0 N–H and O–H groups in total. The molecule has 7 aromatic carbocycles. The van der Waals surface area contributed by atoms with Gasteiger partial charge in [0, 0.05) is 0 Å². The van der Waals surface area contributed by atoms with Crippen molar-refractivity contribution in [2.45, 2.75) is 33.1 Å². The Kier molecular flexibility index (Phi) is 18.2. The summed E-state index contributed by atoms with van der Waals surface area (Å²) in [4.78, 5) is 0. The molecule has 0 aliphatic heterocycles. The second-order valence-electron chi connectivity index (χ2n) is 11.3. The molecule has 0 aliphatic carbocycles. The molecule has 242 valence electrons. The predicted octanol–water partition coefficient (Wildman–Crippen LogP) is 12.8. The van der Waals surface area contributed by atoms with E-state index >= 15 is 0 Å². The van der Waals surface area contributed by atoms with Gasteiger partial charge in [-0.15, -0.1) is 93.4 Å². The standard InChI is InChI=1S/C23H19.C18H17.2CH3.2ClH.Si.Zr/c1-17-12-13-21(20-10-6-3-7-11-20)23-16-19(15-22(17)23)14-18-8-4-2-5-9-18;1-13(2)16-11-15-9-6-10-17(18(15)12-16)14-7-4-3-5-8-14;;;;;;/h2-13,15-16H,14H2,1H3;3-13H,1-2H3;2*1H3;2*1H;;/q4*-1;;;;. The Bertz CT molecular complexity index is 1910. The van der Waals surface area contributed by atoms with Gasteiger partial charge in [-0.3, -0.25) is 0 Å². The fraction of sp³-hybridized carbons (Fsp3) is 0.116. The van der Waals surface area contributed by atoms with Crippen molar-refractivity contribution >= 4 is 53.2 Å². The second-order valence-corrected chi connectivity index (χ2v) is 11.3. The Morgan fingerprint density at radius 3 is 1.68 bits per heavy atom. The number of benzene rings is 5. The Hall–Kier alpha value is -3.00. The molecular weight excluding hydrogens is 707 g/mol. The summed E-state index contributed by atoms with van der Waals surface area (Å²) in [6, 6.07) is 52.4. The first-order valence-electron chi connectivity index (χ1n) is 14.8. The molecule has 0 aromatic heterocycles. The van der Waals surface area contributed by atoms with E-state index in [0.29, 0.717) is 5.92 Å². The topological polar surface area (TPSA) is 0 Å². The van der Waals surface area contributed by atoms with Crippen LogP contribution in [0, 0.1) is 21.8 Å². The van der Waals surface area contributed by atoms with E-state index in [9.17, 15) is 0 Å². The number of halogens is 2. The summed E-state index contributed by atoms with van der Waals surface area (Å²) in [6.07, 6.45) is 0.989. The van der Waals surface area contributed by atoms with Gasteiger partial charge in [0.15, 0.2) is 0 Å². The van der Waals surface area contributed by atoms with E-state index in [1.165, 1.54) is 89.4 Å². The first-order chi connectivity index (χ1) is 21.1. The number of fused-ring (bicyclic) bond motifs is 2. The van der Waals surface area contributed by atoms with Crippen molar-refractivity contribution in [2.24, 2.45) is 0 Å². The summed E-state index contributed by atoms with van der Waals surface area (Å²) in [5, 5.41) is 5.45. The zero-order chi connectivity index (χ0) is 30.2. The van der Waals surface area contributed by atoms with Gasteiger partial charge >= 0.3 is 30.2 Å². The van der Waals surface area contributed by atoms with Gasteiger partial charge < -0.3 is 14.9 Å². The van der Waals surface area contributed by atoms with Crippen molar-refractivity contribution in [3.8, 4) is 22.3 Å². The summed E-state index contributed by atoms with van der Waals surface area (Å²) in [6.45, 7) is 9.75. The van der Waals surface area contributed by atoms with Crippen molar-refractivity contribution < 1.29 is 23.3 Å². The van der Waals surface area contributed by atoms with Crippen molar-refractivity contribution in [1.82, 2.24) is 0 Å². The van der Waals surface area contributed by atoms with E-state index in [1.807, 2.05) is 0 Å². The van der Waals surface area contributed by atoms with Gasteiger partial charge in [-0.05, 0) is 29.0 Å². The average Bonchev–Trinajstić information content (AvgIpc) is 3.69. The number of hydrogen-bond donors (Lipinski definition) is 0. The molecule has 0 atom stereocenters. The van der Waals surface area contributed by atoms with E-state index < -0.39 is 0 Å². The van der Waals surface area contributed by atoms with Gasteiger partial charge in [-0.2, -0.15) is 12.1 Å². The number of rotatable bonds is 5. The van der Waals surface area contributed by atoms with Crippen LogP contribution >= 0.6 is 24.8 Å². The molecule has 0 aliphatic rings. The Labute approximate surface area is 312 Å². The molecule has 4 heteroatoms. The first kappa shape index (κ1) is 42.0. The van der Waals surface area contributed by atoms with E-state index in [-0.39, 0.29) is 39.7 Å². The van der Waals surface area contributed by atoms with Gasteiger partial charge in [0.25, 0.3) is 0 Å². The van der Waals surface area contributed by atoms with Crippen molar-refractivity contribution in [3.05, 3.63) is 183 Å². The van der Waals surface area contributed by atoms with Crippen molar-refractivity contribution in [1.29, 1.82) is 0 Å². The zero-order valence-electron chi connectivity index (χ0n) is 28.0. The van der Waals surface area contributed by atoms with Crippen molar-refractivity contribution in [3.63, 3.8) is 0 Å². The minimum absolute atomic E-state index is 0. The molecule has 0 heterocycles. The van der Waals surface area contributed by atoms with E-state index in [1.54, 1.807) is 0 Å². The molecule has 0 saturated carbocycles. The van der Waals surface area contributed by atoms with Crippen molar-refractivity contribution in [2.75, 3.05) is 0 Å². The molecule has 0 saturated heterocycles. The summed E-state index contributed by atoms with van der Waals surface area (Å²) in [5.41, 5.74) is 10.8. The summed E-state index contributed by atoms with van der Waals surface area (Å²) >= 11 is 1.36. The van der Waals surface area contributed by atoms with Gasteiger partial charge in [0.2, 0.25) is 0 Å². The Balaban J connectivity index is 0.000000422. The quantitative estimate of drug-likeness (QED) is 0.121. The van der Waals surface area contributed by atoms with Crippen LogP contribution in [0.4, 0.5) is 0 Å². The van der Waals surface area contributed by atoms with Crippen LogP contribution in [0.5, 0.6) is 0 Å². The van der Waals surface area contributed by atoms with E-state index in [2.05, 4.69) is 173 Å². The van der Waals surface area contributed by atoms with Gasteiger partial charge in [-0.1, -0.05) is 135 Å². The van der Waals surface area contributed by atoms with Crippen LogP contribution in [0.2, 0.25) is 0 Å². The zero-order valence-corrected chi connectivity index (χ0v) is 33.0. The molecule has 0 nitrogen and oxygen atoms in total.